The number of esters is 1. The van der Waals surface area contributed by atoms with Crippen LogP contribution in [0.25, 0.3) is 0 Å². The van der Waals surface area contributed by atoms with Crippen molar-refractivity contribution >= 4 is 14.4 Å². The van der Waals surface area contributed by atoms with Crippen LogP contribution in [0.2, 0.25) is 0 Å². The second kappa shape index (κ2) is 4.55. The van der Waals surface area contributed by atoms with Gasteiger partial charge in [0, 0.05) is 0 Å². The zero-order chi connectivity index (χ0) is 7.40. The standard InChI is InChI=1S/C8H8O2.BH3/c1-10-8(9)7-5-3-2-4-6-7;/h2-6H,1H3;1H3. The van der Waals surface area contributed by atoms with Gasteiger partial charge < -0.3 is 4.74 Å². The SMILES string of the molecule is B.COC(=O)c1ccccc1. The van der Waals surface area contributed by atoms with Crippen molar-refractivity contribution in [2.24, 2.45) is 0 Å². The molecule has 0 aliphatic carbocycles. The molecule has 2 nitrogen and oxygen atoms in total. The third-order valence-corrected chi connectivity index (χ3v) is 1.19. The Bertz CT molecular complexity index is 221. The highest BCUT2D eigenvalue weighted by Crippen LogP contribution is 1.98. The number of benzene rings is 1. The maximum Gasteiger partial charge on any atom is 0.337 e. The summed E-state index contributed by atoms with van der Waals surface area (Å²) in [5.74, 6) is -0.291. The lowest BCUT2D eigenvalue weighted by molar-refractivity contribution is 0.0601. The molecule has 0 fully saturated rings. The summed E-state index contributed by atoms with van der Waals surface area (Å²) in [5, 5.41) is 0. The van der Waals surface area contributed by atoms with Crippen molar-refractivity contribution in [3.63, 3.8) is 0 Å². The first-order chi connectivity index (χ1) is 4.84. The van der Waals surface area contributed by atoms with E-state index in [4.69, 9.17) is 0 Å². The second-order valence-electron chi connectivity index (χ2n) is 1.86. The van der Waals surface area contributed by atoms with E-state index in [1.165, 1.54) is 7.11 Å². The number of carbonyl (C=O) groups excluding carboxylic acids is 1. The molecule has 0 unspecified atom stereocenters. The van der Waals surface area contributed by atoms with Crippen molar-refractivity contribution < 1.29 is 9.53 Å². The van der Waals surface area contributed by atoms with Gasteiger partial charge in [0.1, 0.15) is 0 Å². The summed E-state index contributed by atoms with van der Waals surface area (Å²) >= 11 is 0. The molecule has 0 spiro atoms. The van der Waals surface area contributed by atoms with Crippen LogP contribution < -0.4 is 0 Å². The van der Waals surface area contributed by atoms with Gasteiger partial charge in [-0.15, -0.1) is 0 Å². The first-order valence-electron chi connectivity index (χ1n) is 2.98. The molecule has 0 aliphatic heterocycles. The molecular weight excluding hydrogens is 139 g/mol. The van der Waals surface area contributed by atoms with Crippen molar-refractivity contribution in [3.8, 4) is 0 Å². The number of ether oxygens (including phenoxy) is 1. The van der Waals surface area contributed by atoms with Gasteiger partial charge in [0.15, 0.2) is 0 Å². The van der Waals surface area contributed by atoms with Gasteiger partial charge in [-0.1, -0.05) is 18.2 Å². The summed E-state index contributed by atoms with van der Waals surface area (Å²) in [7, 11) is 1.37. The lowest BCUT2D eigenvalue weighted by Crippen LogP contribution is -1.99. The van der Waals surface area contributed by atoms with Gasteiger partial charge in [-0.3, -0.25) is 0 Å². The third-order valence-electron chi connectivity index (χ3n) is 1.19. The molecule has 0 amide bonds. The quantitative estimate of drug-likeness (QED) is 0.424. The fourth-order valence-electron chi connectivity index (χ4n) is 0.692. The van der Waals surface area contributed by atoms with Crippen LogP contribution in [0, 0.1) is 0 Å². The van der Waals surface area contributed by atoms with E-state index < -0.39 is 0 Å². The van der Waals surface area contributed by atoms with Crippen molar-refractivity contribution in [1.82, 2.24) is 0 Å². The molecule has 0 N–H and O–H groups in total. The highest BCUT2D eigenvalue weighted by molar-refractivity contribution is 5.89. The molecule has 3 heteroatoms. The molecule has 0 atom stereocenters. The zero-order valence-corrected chi connectivity index (χ0v) is 5.70. The summed E-state index contributed by atoms with van der Waals surface area (Å²) < 4.78 is 4.50. The summed E-state index contributed by atoms with van der Waals surface area (Å²) in [6.45, 7) is 0. The van der Waals surface area contributed by atoms with Crippen molar-refractivity contribution in [2.75, 3.05) is 7.11 Å². The lowest BCUT2D eigenvalue weighted by atomic mass is 10.2. The number of carbonyl (C=O) groups is 1. The van der Waals surface area contributed by atoms with E-state index in [2.05, 4.69) is 4.74 Å². The van der Waals surface area contributed by atoms with E-state index in [1.807, 2.05) is 6.07 Å². The van der Waals surface area contributed by atoms with Crippen molar-refractivity contribution in [2.45, 2.75) is 0 Å². The van der Waals surface area contributed by atoms with Crippen LogP contribution in [-0.2, 0) is 4.74 Å². The van der Waals surface area contributed by atoms with Gasteiger partial charge in [0.05, 0.1) is 21.1 Å². The Kier molecular flexibility index (Phi) is 4.04. The molecule has 0 heterocycles. The average molecular weight is 150 g/mol. The smallest absolute Gasteiger partial charge is 0.337 e. The lowest BCUT2D eigenvalue weighted by Gasteiger charge is -1.95. The molecule has 1 rings (SSSR count). The van der Waals surface area contributed by atoms with Crippen molar-refractivity contribution in [1.29, 1.82) is 0 Å². The van der Waals surface area contributed by atoms with E-state index in [0.717, 1.165) is 0 Å². The number of hydrogen-bond acceptors (Lipinski definition) is 2. The van der Waals surface area contributed by atoms with Gasteiger partial charge in [0.25, 0.3) is 0 Å². The molecule has 0 saturated heterocycles. The predicted octanol–water partition coefficient (Wildman–Crippen LogP) is 0.289. The minimum atomic E-state index is -0.291. The van der Waals surface area contributed by atoms with E-state index in [0.29, 0.717) is 5.56 Å². The Morgan fingerprint density at radius 2 is 1.82 bits per heavy atom. The van der Waals surface area contributed by atoms with Crippen LogP contribution in [0.5, 0.6) is 0 Å². The summed E-state index contributed by atoms with van der Waals surface area (Å²) in [4.78, 5) is 10.8. The summed E-state index contributed by atoms with van der Waals surface area (Å²) in [5.41, 5.74) is 0.588. The number of rotatable bonds is 1. The Balaban J connectivity index is 0.000001000. The molecule has 0 saturated carbocycles. The summed E-state index contributed by atoms with van der Waals surface area (Å²) in [6.07, 6.45) is 0. The van der Waals surface area contributed by atoms with Crippen LogP contribution in [-0.4, -0.2) is 21.5 Å². The fraction of sp³-hybridized carbons (Fsp3) is 0.125. The van der Waals surface area contributed by atoms with Gasteiger partial charge >= 0.3 is 5.97 Å². The molecule has 1 aromatic carbocycles. The predicted molar refractivity (Wildman–Crippen MR) is 47.7 cm³/mol. The van der Waals surface area contributed by atoms with Crippen LogP contribution in [0.3, 0.4) is 0 Å². The maximum atomic E-state index is 10.8. The first kappa shape index (κ1) is 9.75. The Hall–Kier alpha value is -1.25. The molecule has 0 radical (unpaired) electrons. The molecule has 58 valence electrons. The van der Waals surface area contributed by atoms with E-state index in [-0.39, 0.29) is 14.4 Å². The first-order valence-corrected chi connectivity index (χ1v) is 2.98. The average Bonchev–Trinajstić information content (AvgIpc) is 2.05. The molecule has 0 aromatic heterocycles. The highest BCUT2D eigenvalue weighted by Gasteiger charge is 2.00. The van der Waals surface area contributed by atoms with Gasteiger partial charge in [-0.05, 0) is 12.1 Å². The zero-order valence-electron chi connectivity index (χ0n) is 5.70. The van der Waals surface area contributed by atoms with Crippen LogP contribution >= 0.6 is 0 Å². The minimum Gasteiger partial charge on any atom is -0.465 e. The minimum absolute atomic E-state index is 0. The summed E-state index contributed by atoms with van der Waals surface area (Å²) in [6, 6.07) is 8.88. The van der Waals surface area contributed by atoms with Crippen molar-refractivity contribution in [3.05, 3.63) is 35.9 Å². The number of hydrogen-bond donors (Lipinski definition) is 0. The van der Waals surface area contributed by atoms with Crippen LogP contribution in [0.1, 0.15) is 10.4 Å². The molecule has 11 heavy (non-hydrogen) atoms. The largest absolute Gasteiger partial charge is 0.465 e. The second-order valence-corrected chi connectivity index (χ2v) is 1.86. The third kappa shape index (κ3) is 2.46. The topological polar surface area (TPSA) is 26.3 Å². The fourth-order valence-corrected chi connectivity index (χ4v) is 0.692. The van der Waals surface area contributed by atoms with Crippen LogP contribution in [0.15, 0.2) is 30.3 Å². The Morgan fingerprint density at radius 1 is 1.27 bits per heavy atom. The molecule has 0 bridgehead atoms. The van der Waals surface area contributed by atoms with Gasteiger partial charge in [0.2, 0.25) is 0 Å². The van der Waals surface area contributed by atoms with E-state index in [9.17, 15) is 4.79 Å². The number of methoxy groups -OCH3 is 1. The highest BCUT2D eigenvalue weighted by atomic mass is 16.5. The Morgan fingerprint density at radius 3 is 2.27 bits per heavy atom. The molecular formula is C8H11BO2. The van der Waals surface area contributed by atoms with E-state index in [1.54, 1.807) is 24.3 Å². The van der Waals surface area contributed by atoms with Gasteiger partial charge in [-0.2, -0.15) is 0 Å². The van der Waals surface area contributed by atoms with Gasteiger partial charge in [-0.25, -0.2) is 4.79 Å². The Labute approximate surface area is 67.8 Å². The maximum absolute atomic E-state index is 10.8. The normalized spacial score (nSPS) is 8.09. The molecule has 1 aromatic rings. The van der Waals surface area contributed by atoms with E-state index >= 15 is 0 Å². The van der Waals surface area contributed by atoms with Crippen LogP contribution in [0.4, 0.5) is 0 Å². The monoisotopic (exact) mass is 150 g/mol. The molecule has 0 aliphatic rings.